The number of nitrogens with one attached hydrogen (secondary N) is 1. The predicted octanol–water partition coefficient (Wildman–Crippen LogP) is 1.03. The Morgan fingerprint density at radius 3 is 3.05 bits per heavy atom. The van der Waals surface area contributed by atoms with Gasteiger partial charge in [-0.1, -0.05) is 6.07 Å². The highest BCUT2D eigenvalue weighted by molar-refractivity contribution is 5.97. The molecule has 1 aromatic heterocycles. The monoisotopic (exact) mass is 261 g/mol. The van der Waals surface area contributed by atoms with Crippen LogP contribution in [0.25, 0.3) is 0 Å². The Bertz CT molecular complexity index is 552. The van der Waals surface area contributed by atoms with Crippen LogP contribution in [0.15, 0.2) is 36.9 Å². The summed E-state index contributed by atoms with van der Waals surface area (Å²) in [6.45, 7) is 1.07. The van der Waals surface area contributed by atoms with Gasteiger partial charge in [0.2, 0.25) is 0 Å². The molecule has 0 spiro atoms. The van der Waals surface area contributed by atoms with Crippen molar-refractivity contribution >= 4 is 5.91 Å². The third-order valence-corrected chi connectivity index (χ3v) is 2.68. The molecule has 1 amide bonds. The lowest BCUT2D eigenvalue weighted by Crippen LogP contribution is -2.27. The molecule has 19 heavy (non-hydrogen) atoms. The maximum Gasteiger partial charge on any atom is 0.255 e. The Kier molecular flexibility index (Phi) is 4.02. The molecule has 6 nitrogen and oxygen atoms in total. The highest BCUT2D eigenvalue weighted by Gasteiger charge is 2.13. The van der Waals surface area contributed by atoms with E-state index in [9.17, 15) is 9.90 Å². The second-order valence-corrected chi connectivity index (χ2v) is 3.91. The zero-order valence-electron chi connectivity index (χ0n) is 10.5. The van der Waals surface area contributed by atoms with Gasteiger partial charge in [0.25, 0.3) is 5.91 Å². The summed E-state index contributed by atoms with van der Waals surface area (Å²) in [6, 6.07) is 4.80. The van der Waals surface area contributed by atoms with E-state index in [1.54, 1.807) is 30.7 Å². The van der Waals surface area contributed by atoms with E-state index in [0.29, 0.717) is 13.1 Å². The fraction of sp³-hybridized carbons (Fsp3) is 0.231. The van der Waals surface area contributed by atoms with Crippen molar-refractivity contribution in [2.45, 2.75) is 6.54 Å². The maximum atomic E-state index is 11.9. The third-order valence-electron chi connectivity index (χ3n) is 2.68. The second-order valence-electron chi connectivity index (χ2n) is 3.91. The van der Waals surface area contributed by atoms with Crippen molar-refractivity contribution in [3.05, 3.63) is 42.5 Å². The fourth-order valence-electron chi connectivity index (χ4n) is 1.68. The summed E-state index contributed by atoms with van der Waals surface area (Å²) < 4.78 is 6.81. The van der Waals surface area contributed by atoms with E-state index in [1.807, 2.05) is 10.8 Å². The highest BCUT2D eigenvalue weighted by Crippen LogP contribution is 2.28. The number of imidazole rings is 1. The molecule has 6 heteroatoms. The number of amides is 1. The average molecular weight is 261 g/mol. The number of benzene rings is 1. The summed E-state index contributed by atoms with van der Waals surface area (Å²) in [7, 11) is 1.44. The molecule has 2 aromatic rings. The Labute approximate surface area is 110 Å². The summed E-state index contributed by atoms with van der Waals surface area (Å²) in [5.74, 6) is -0.205. The van der Waals surface area contributed by atoms with Crippen LogP contribution in [-0.4, -0.2) is 34.2 Å². The molecule has 100 valence electrons. The zero-order chi connectivity index (χ0) is 13.7. The number of rotatable bonds is 5. The molecule has 0 aliphatic carbocycles. The van der Waals surface area contributed by atoms with Crippen molar-refractivity contribution in [3.63, 3.8) is 0 Å². The normalized spacial score (nSPS) is 10.2. The van der Waals surface area contributed by atoms with Gasteiger partial charge in [0.05, 0.1) is 19.0 Å². The van der Waals surface area contributed by atoms with Crippen molar-refractivity contribution in [1.29, 1.82) is 0 Å². The first kappa shape index (κ1) is 12.9. The van der Waals surface area contributed by atoms with Crippen LogP contribution in [0.5, 0.6) is 11.5 Å². The highest BCUT2D eigenvalue weighted by atomic mass is 16.5. The minimum atomic E-state index is -0.337. The van der Waals surface area contributed by atoms with Gasteiger partial charge in [-0.2, -0.15) is 0 Å². The van der Waals surface area contributed by atoms with Gasteiger partial charge in [-0.25, -0.2) is 4.98 Å². The number of hydrogen-bond acceptors (Lipinski definition) is 4. The molecule has 2 N–H and O–H groups in total. The molecule has 0 bridgehead atoms. The topological polar surface area (TPSA) is 76.4 Å². The van der Waals surface area contributed by atoms with Gasteiger partial charge in [0.15, 0.2) is 11.5 Å². The second kappa shape index (κ2) is 5.90. The van der Waals surface area contributed by atoms with Crippen molar-refractivity contribution in [1.82, 2.24) is 14.9 Å². The molecule has 2 rings (SSSR count). The summed E-state index contributed by atoms with van der Waals surface area (Å²) in [4.78, 5) is 15.8. The molecule has 1 aromatic carbocycles. The minimum Gasteiger partial charge on any atom is -0.504 e. The molecule has 0 fully saturated rings. The smallest absolute Gasteiger partial charge is 0.255 e. The van der Waals surface area contributed by atoms with Crippen LogP contribution in [-0.2, 0) is 6.54 Å². The first-order chi connectivity index (χ1) is 9.22. The number of carbonyl (C=O) groups is 1. The molecular weight excluding hydrogens is 246 g/mol. The number of phenols is 1. The van der Waals surface area contributed by atoms with E-state index in [1.165, 1.54) is 7.11 Å². The molecule has 0 aliphatic heterocycles. The van der Waals surface area contributed by atoms with Gasteiger partial charge in [-0.3, -0.25) is 4.79 Å². The number of aromatic nitrogens is 2. The fourth-order valence-corrected chi connectivity index (χ4v) is 1.68. The van der Waals surface area contributed by atoms with E-state index in [4.69, 9.17) is 4.74 Å². The summed E-state index contributed by atoms with van der Waals surface area (Å²) >= 11 is 0. The van der Waals surface area contributed by atoms with Gasteiger partial charge < -0.3 is 19.7 Å². The van der Waals surface area contributed by atoms with E-state index in [0.717, 1.165) is 0 Å². The summed E-state index contributed by atoms with van der Waals surface area (Å²) in [6.07, 6.45) is 5.17. The Morgan fingerprint density at radius 2 is 2.37 bits per heavy atom. The van der Waals surface area contributed by atoms with Crippen molar-refractivity contribution in [3.8, 4) is 11.5 Å². The number of ether oxygens (including phenoxy) is 1. The molecular formula is C13H15N3O3. The van der Waals surface area contributed by atoms with Gasteiger partial charge >= 0.3 is 0 Å². The number of aromatic hydroxyl groups is 1. The first-order valence-electron chi connectivity index (χ1n) is 5.82. The largest absolute Gasteiger partial charge is 0.504 e. The number of para-hydroxylation sites is 1. The van der Waals surface area contributed by atoms with Crippen molar-refractivity contribution in [2.75, 3.05) is 13.7 Å². The number of carbonyl (C=O) groups excluding carboxylic acids is 1. The van der Waals surface area contributed by atoms with Crippen molar-refractivity contribution < 1.29 is 14.6 Å². The summed E-state index contributed by atoms with van der Waals surface area (Å²) in [5, 5.41) is 12.6. The Balaban J connectivity index is 1.96. The van der Waals surface area contributed by atoms with Gasteiger partial charge in [-0.05, 0) is 12.1 Å². The van der Waals surface area contributed by atoms with E-state index in [2.05, 4.69) is 10.3 Å². The third kappa shape index (κ3) is 3.04. The maximum absolute atomic E-state index is 11.9. The van der Waals surface area contributed by atoms with Gasteiger partial charge in [-0.15, -0.1) is 0 Å². The minimum absolute atomic E-state index is 0.148. The molecule has 0 unspecified atom stereocenters. The molecule has 0 radical (unpaired) electrons. The summed E-state index contributed by atoms with van der Waals surface area (Å²) in [5.41, 5.74) is 0.199. The quantitative estimate of drug-likeness (QED) is 0.842. The molecule has 1 heterocycles. The predicted molar refractivity (Wildman–Crippen MR) is 69.2 cm³/mol. The van der Waals surface area contributed by atoms with Gasteiger partial charge in [0.1, 0.15) is 0 Å². The lowest BCUT2D eigenvalue weighted by molar-refractivity contribution is 0.0949. The average Bonchev–Trinajstić information content (AvgIpc) is 2.92. The number of nitrogens with zero attached hydrogens (tertiary/aromatic N) is 2. The first-order valence-corrected chi connectivity index (χ1v) is 5.82. The number of hydrogen-bond donors (Lipinski definition) is 2. The van der Waals surface area contributed by atoms with Crippen LogP contribution in [0, 0.1) is 0 Å². The molecule has 0 saturated heterocycles. The van der Waals surface area contributed by atoms with Crippen LogP contribution >= 0.6 is 0 Å². The standard InChI is InChI=1S/C13H15N3O3/c1-19-11-4-2-3-10(12(11)17)13(18)15-6-8-16-7-5-14-9-16/h2-5,7,9,17H,6,8H2,1H3,(H,15,18). The molecule has 0 atom stereocenters. The van der Waals surface area contributed by atoms with Crippen LogP contribution < -0.4 is 10.1 Å². The van der Waals surface area contributed by atoms with Crippen LogP contribution in [0.2, 0.25) is 0 Å². The van der Waals surface area contributed by atoms with Gasteiger partial charge in [0, 0.05) is 25.5 Å². The zero-order valence-corrected chi connectivity index (χ0v) is 10.5. The van der Waals surface area contributed by atoms with E-state index < -0.39 is 0 Å². The van der Waals surface area contributed by atoms with E-state index in [-0.39, 0.29) is 23.0 Å². The SMILES string of the molecule is COc1cccc(C(=O)NCCn2ccnc2)c1O. The van der Waals surface area contributed by atoms with Crippen LogP contribution in [0.4, 0.5) is 0 Å². The molecule has 0 aliphatic rings. The molecule has 0 saturated carbocycles. The lowest BCUT2D eigenvalue weighted by atomic mass is 10.1. The lowest BCUT2D eigenvalue weighted by Gasteiger charge is -2.09. The number of phenolic OH excluding ortho intramolecular Hbond substituents is 1. The van der Waals surface area contributed by atoms with Crippen LogP contribution in [0.1, 0.15) is 10.4 Å². The number of methoxy groups -OCH3 is 1. The van der Waals surface area contributed by atoms with Crippen LogP contribution in [0.3, 0.4) is 0 Å². The van der Waals surface area contributed by atoms with Crippen molar-refractivity contribution in [2.24, 2.45) is 0 Å². The Morgan fingerprint density at radius 1 is 1.53 bits per heavy atom. The Hall–Kier alpha value is -2.50. The van der Waals surface area contributed by atoms with E-state index >= 15 is 0 Å².